The van der Waals surface area contributed by atoms with Crippen molar-refractivity contribution in [2.45, 2.75) is 19.4 Å². The third kappa shape index (κ3) is 5.72. The molecule has 0 spiro atoms. The van der Waals surface area contributed by atoms with Gasteiger partial charge in [-0.25, -0.2) is 13.5 Å². The van der Waals surface area contributed by atoms with Crippen LogP contribution in [0.4, 0.5) is 8.78 Å². The van der Waals surface area contributed by atoms with Crippen molar-refractivity contribution < 1.29 is 13.6 Å². The van der Waals surface area contributed by atoms with Gasteiger partial charge >= 0.3 is 0 Å². The van der Waals surface area contributed by atoms with Crippen molar-refractivity contribution in [2.24, 2.45) is 0 Å². The van der Waals surface area contributed by atoms with Crippen molar-refractivity contribution in [1.29, 1.82) is 0 Å². The second kappa shape index (κ2) is 9.76. The van der Waals surface area contributed by atoms with Crippen LogP contribution in [0.5, 0.6) is 0 Å². The fourth-order valence-electron chi connectivity index (χ4n) is 2.60. The number of hydrogen-bond donors (Lipinski definition) is 1. The van der Waals surface area contributed by atoms with E-state index in [2.05, 4.69) is 16.3 Å². The van der Waals surface area contributed by atoms with Crippen LogP contribution in [0.15, 0.2) is 29.1 Å². The first kappa shape index (κ1) is 21.3. The first-order valence-electron chi connectivity index (χ1n) is 8.73. The molecular weight excluding hydrogens is 366 g/mol. The van der Waals surface area contributed by atoms with Gasteiger partial charge in [0.2, 0.25) is 0 Å². The standard InChI is InChI=1S/C20H22F2N4O2/c1-4-9-23-19(27)16-12-15(6-5-10-25(2)3)24-26(20(16)28)13-14-7-8-17(21)18(22)11-14/h1,7-8,11-12H,5-6,9-10,13H2,2-3H3,(H,23,27). The highest BCUT2D eigenvalue weighted by molar-refractivity contribution is 5.94. The zero-order chi connectivity index (χ0) is 20.7. The van der Waals surface area contributed by atoms with E-state index in [4.69, 9.17) is 6.42 Å². The van der Waals surface area contributed by atoms with E-state index in [1.807, 2.05) is 19.0 Å². The first-order valence-corrected chi connectivity index (χ1v) is 8.73. The van der Waals surface area contributed by atoms with E-state index in [9.17, 15) is 18.4 Å². The van der Waals surface area contributed by atoms with Crippen molar-refractivity contribution in [3.8, 4) is 12.3 Å². The van der Waals surface area contributed by atoms with Crippen LogP contribution in [-0.2, 0) is 13.0 Å². The molecule has 0 radical (unpaired) electrons. The fourth-order valence-corrected chi connectivity index (χ4v) is 2.60. The number of aryl methyl sites for hydroxylation is 1. The first-order chi connectivity index (χ1) is 13.3. The van der Waals surface area contributed by atoms with E-state index in [0.717, 1.165) is 29.8 Å². The zero-order valence-electron chi connectivity index (χ0n) is 15.8. The third-order valence-electron chi connectivity index (χ3n) is 3.98. The average molecular weight is 388 g/mol. The molecule has 1 aromatic heterocycles. The summed E-state index contributed by atoms with van der Waals surface area (Å²) >= 11 is 0. The van der Waals surface area contributed by atoms with Gasteiger partial charge < -0.3 is 10.2 Å². The number of carbonyl (C=O) groups is 1. The minimum atomic E-state index is -1.01. The Hall–Kier alpha value is -3.05. The van der Waals surface area contributed by atoms with Crippen LogP contribution in [0, 0.1) is 24.0 Å². The molecule has 2 rings (SSSR count). The fraction of sp³-hybridized carbons (Fsp3) is 0.350. The Kier molecular flexibility index (Phi) is 7.41. The Morgan fingerprint density at radius 3 is 2.68 bits per heavy atom. The zero-order valence-corrected chi connectivity index (χ0v) is 15.8. The molecular formula is C20H22F2N4O2. The molecule has 1 aromatic carbocycles. The van der Waals surface area contributed by atoms with Gasteiger partial charge in [0.05, 0.1) is 18.8 Å². The quantitative estimate of drug-likeness (QED) is 0.695. The maximum absolute atomic E-state index is 13.5. The van der Waals surface area contributed by atoms with Crippen LogP contribution in [0.2, 0.25) is 0 Å². The largest absolute Gasteiger partial charge is 0.341 e. The molecule has 0 aliphatic heterocycles. The SMILES string of the molecule is C#CCNC(=O)c1cc(CCCN(C)C)nn(Cc2ccc(F)c(F)c2)c1=O. The Balaban J connectivity index is 2.37. The van der Waals surface area contributed by atoms with Gasteiger partial charge in [-0.1, -0.05) is 12.0 Å². The summed E-state index contributed by atoms with van der Waals surface area (Å²) in [6.45, 7) is 0.704. The molecule has 6 nitrogen and oxygen atoms in total. The summed E-state index contributed by atoms with van der Waals surface area (Å²) in [6, 6.07) is 4.80. The Morgan fingerprint density at radius 2 is 2.04 bits per heavy atom. The van der Waals surface area contributed by atoms with E-state index in [0.29, 0.717) is 17.7 Å². The van der Waals surface area contributed by atoms with Gasteiger partial charge in [0.25, 0.3) is 11.5 Å². The highest BCUT2D eigenvalue weighted by atomic mass is 19.2. The molecule has 1 N–H and O–H groups in total. The topological polar surface area (TPSA) is 67.2 Å². The van der Waals surface area contributed by atoms with Crippen molar-refractivity contribution in [1.82, 2.24) is 20.0 Å². The van der Waals surface area contributed by atoms with Gasteiger partial charge in [0, 0.05) is 0 Å². The van der Waals surface area contributed by atoms with Gasteiger partial charge in [-0.3, -0.25) is 9.59 Å². The molecule has 1 heterocycles. The van der Waals surface area contributed by atoms with Gasteiger partial charge in [-0.15, -0.1) is 6.42 Å². The molecule has 2 aromatic rings. The number of benzene rings is 1. The molecule has 0 fully saturated rings. The smallest absolute Gasteiger partial charge is 0.279 e. The molecule has 28 heavy (non-hydrogen) atoms. The van der Waals surface area contributed by atoms with Crippen molar-refractivity contribution >= 4 is 5.91 Å². The summed E-state index contributed by atoms with van der Waals surface area (Å²) in [5.41, 5.74) is 0.187. The molecule has 0 aliphatic carbocycles. The van der Waals surface area contributed by atoms with Gasteiger partial charge in [-0.05, 0) is 57.2 Å². The van der Waals surface area contributed by atoms with Gasteiger partial charge in [0.1, 0.15) is 5.56 Å². The highest BCUT2D eigenvalue weighted by Crippen LogP contribution is 2.10. The minimum absolute atomic E-state index is 0.0142. The summed E-state index contributed by atoms with van der Waals surface area (Å²) < 4.78 is 27.7. The second-order valence-corrected chi connectivity index (χ2v) is 6.55. The number of amides is 1. The lowest BCUT2D eigenvalue weighted by atomic mass is 10.1. The molecule has 8 heteroatoms. The molecule has 0 aliphatic rings. The number of nitrogens with zero attached hydrogens (tertiary/aromatic N) is 3. The minimum Gasteiger partial charge on any atom is -0.341 e. The molecule has 1 amide bonds. The second-order valence-electron chi connectivity index (χ2n) is 6.55. The average Bonchev–Trinajstić information content (AvgIpc) is 2.64. The van der Waals surface area contributed by atoms with E-state index in [-0.39, 0.29) is 18.7 Å². The Labute approximate surface area is 162 Å². The van der Waals surface area contributed by atoms with E-state index in [1.54, 1.807) is 0 Å². The lowest BCUT2D eigenvalue weighted by Gasteiger charge is -2.12. The number of carbonyl (C=O) groups excluding carboxylic acids is 1. The number of hydrogen-bond acceptors (Lipinski definition) is 4. The molecule has 148 valence electrons. The normalized spacial score (nSPS) is 10.7. The number of halogens is 2. The molecule has 0 saturated heterocycles. The summed E-state index contributed by atoms with van der Waals surface area (Å²) in [5.74, 6) is -0.313. The van der Waals surface area contributed by atoms with Gasteiger partial charge in [0.15, 0.2) is 11.6 Å². The summed E-state index contributed by atoms with van der Waals surface area (Å²) in [6.07, 6.45) is 6.46. The number of nitrogens with one attached hydrogen (secondary N) is 1. The van der Waals surface area contributed by atoms with Crippen molar-refractivity contribution in [2.75, 3.05) is 27.2 Å². The molecule has 0 saturated carbocycles. The summed E-state index contributed by atoms with van der Waals surface area (Å²) in [5, 5.41) is 6.75. The molecule has 0 bridgehead atoms. The van der Waals surface area contributed by atoms with Crippen LogP contribution in [0.3, 0.4) is 0 Å². The summed E-state index contributed by atoms with van der Waals surface area (Å²) in [4.78, 5) is 27.0. The highest BCUT2D eigenvalue weighted by Gasteiger charge is 2.16. The van der Waals surface area contributed by atoms with Crippen molar-refractivity contribution in [3.63, 3.8) is 0 Å². The van der Waals surface area contributed by atoms with Crippen LogP contribution in [-0.4, -0.2) is 47.8 Å². The lowest BCUT2D eigenvalue weighted by Crippen LogP contribution is -2.35. The summed E-state index contributed by atoms with van der Waals surface area (Å²) in [7, 11) is 3.88. The van der Waals surface area contributed by atoms with Crippen LogP contribution < -0.4 is 10.9 Å². The monoisotopic (exact) mass is 388 g/mol. The number of aromatic nitrogens is 2. The molecule has 0 atom stereocenters. The maximum atomic E-state index is 13.5. The lowest BCUT2D eigenvalue weighted by molar-refractivity contribution is 0.0956. The Bertz CT molecular complexity index is 948. The van der Waals surface area contributed by atoms with E-state index < -0.39 is 23.1 Å². The maximum Gasteiger partial charge on any atom is 0.279 e. The van der Waals surface area contributed by atoms with Gasteiger partial charge in [-0.2, -0.15) is 5.10 Å². The van der Waals surface area contributed by atoms with E-state index >= 15 is 0 Å². The van der Waals surface area contributed by atoms with Crippen LogP contribution >= 0.6 is 0 Å². The third-order valence-corrected chi connectivity index (χ3v) is 3.98. The predicted molar refractivity (Wildman–Crippen MR) is 102 cm³/mol. The molecule has 0 unspecified atom stereocenters. The Morgan fingerprint density at radius 1 is 1.29 bits per heavy atom. The van der Waals surface area contributed by atoms with Crippen molar-refractivity contribution in [3.05, 3.63) is 63.1 Å². The predicted octanol–water partition coefficient (Wildman–Crippen LogP) is 1.43. The number of rotatable bonds is 8. The van der Waals surface area contributed by atoms with E-state index in [1.165, 1.54) is 12.1 Å². The van der Waals surface area contributed by atoms with Crippen LogP contribution in [0.25, 0.3) is 0 Å². The van der Waals surface area contributed by atoms with Crippen LogP contribution in [0.1, 0.15) is 28.0 Å². The number of terminal acetylenes is 1.